The smallest absolute Gasteiger partial charge is 0.326 e. The van der Waals surface area contributed by atoms with Crippen LogP contribution in [-0.4, -0.2) is 18.0 Å². The van der Waals surface area contributed by atoms with Crippen molar-refractivity contribution in [3.8, 4) is 5.75 Å². The van der Waals surface area contributed by atoms with Crippen molar-refractivity contribution in [2.45, 2.75) is 20.0 Å². The summed E-state index contributed by atoms with van der Waals surface area (Å²) in [7, 11) is 0. The van der Waals surface area contributed by atoms with Gasteiger partial charge >= 0.3 is 6.03 Å². The summed E-state index contributed by atoms with van der Waals surface area (Å²) in [6.45, 7) is 3.84. The molecule has 5 nitrogen and oxygen atoms in total. The Morgan fingerprint density at radius 3 is 2.58 bits per heavy atom. The van der Waals surface area contributed by atoms with Crippen LogP contribution in [0.3, 0.4) is 0 Å². The van der Waals surface area contributed by atoms with Gasteiger partial charge in [0, 0.05) is 10.0 Å². The summed E-state index contributed by atoms with van der Waals surface area (Å²) in [5, 5.41) is 4.59. The van der Waals surface area contributed by atoms with Crippen LogP contribution in [0.4, 0.5) is 4.79 Å². The minimum atomic E-state index is -0.516. The number of hydrogen-bond donors (Lipinski definition) is 2. The van der Waals surface area contributed by atoms with E-state index in [4.69, 9.17) is 4.74 Å². The largest absolute Gasteiger partial charge is 0.490 e. The topological polar surface area (TPSA) is 67.4 Å². The Hall–Kier alpha value is -1.82. The Morgan fingerprint density at radius 2 is 2.00 bits per heavy atom. The Labute approximate surface area is 119 Å². The number of carbonyl (C=O) groups excluding carboxylic acids is 2. The van der Waals surface area contributed by atoms with E-state index in [0.717, 1.165) is 10.0 Å². The zero-order chi connectivity index (χ0) is 14.0. The minimum absolute atomic E-state index is 0.0188. The molecule has 0 aliphatic carbocycles. The molecule has 1 aliphatic heterocycles. The third-order valence-electron chi connectivity index (χ3n) is 2.35. The summed E-state index contributed by atoms with van der Waals surface area (Å²) in [6.07, 6.45) is 1.60. The first-order chi connectivity index (χ1) is 8.95. The first kappa shape index (κ1) is 13.6. The van der Waals surface area contributed by atoms with Crippen LogP contribution in [0, 0.1) is 0 Å². The van der Waals surface area contributed by atoms with Crippen molar-refractivity contribution in [1.29, 1.82) is 0 Å². The van der Waals surface area contributed by atoms with Crippen LogP contribution in [0.2, 0.25) is 0 Å². The van der Waals surface area contributed by atoms with E-state index in [1.165, 1.54) is 0 Å². The number of carbonyl (C=O) groups is 2. The zero-order valence-corrected chi connectivity index (χ0v) is 12.1. The second-order valence-electron chi connectivity index (χ2n) is 4.32. The molecule has 0 radical (unpaired) electrons. The Bertz CT molecular complexity index is 567. The van der Waals surface area contributed by atoms with Crippen molar-refractivity contribution in [3.05, 3.63) is 33.9 Å². The number of benzene rings is 1. The van der Waals surface area contributed by atoms with Crippen molar-refractivity contribution < 1.29 is 14.3 Å². The van der Waals surface area contributed by atoms with Gasteiger partial charge in [-0.15, -0.1) is 0 Å². The molecule has 0 atom stereocenters. The molecule has 1 aromatic rings. The van der Waals surface area contributed by atoms with Gasteiger partial charge in [0.15, 0.2) is 0 Å². The van der Waals surface area contributed by atoms with E-state index in [1.54, 1.807) is 6.08 Å². The first-order valence-corrected chi connectivity index (χ1v) is 6.55. The molecule has 3 amide bonds. The number of urea groups is 1. The highest BCUT2D eigenvalue weighted by molar-refractivity contribution is 9.10. The molecule has 19 heavy (non-hydrogen) atoms. The van der Waals surface area contributed by atoms with Gasteiger partial charge in [-0.05, 0) is 38.1 Å². The molecule has 1 fully saturated rings. The average Bonchev–Trinajstić information content (AvgIpc) is 2.61. The van der Waals surface area contributed by atoms with Crippen LogP contribution >= 0.6 is 15.9 Å². The normalized spacial score (nSPS) is 16.7. The number of nitrogens with one attached hydrogen (secondary N) is 2. The van der Waals surface area contributed by atoms with Crippen LogP contribution < -0.4 is 15.4 Å². The number of amides is 3. The highest BCUT2D eigenvalue weighted by Gasteiger charge is 2.23. The van der Waals surface area contributed by atoms with E-state index in [1.807, 2.05) is 32.0 Å². The van der Waals surface area contributed by atoms with E-state index in [2.05, 4.69) is 26.6 Å². The zero-order valence-electron chi connectivity index (χ0n) is 10.5. The van der Waals surface area contributed by atoms with Crippen LogP contribution in [-0.2, 0) is 4.79 Å². The monoisotopic (exact) mass is 324 g/mol. The van der Waals surface area contributed by atoms with Gasteiger partial charge in [0.2, 0.25) is 0 Å². The first-order valence-electron chi connectivity index (χ1n) is 5.76. The molecule has 1 saturated heterocycles. The molecule has 1 aliphatic rings. The summed E-state index contributed by atoms with van der Waals surface area (Å²) < 4.78 is 6.52. The van der Waals surface area contributed by atoms with Gasteiger partial charge < -0.3 is 10.1 Å². The molecule has 1 heterocycles. The summed E-state index contributed by atoms with van der Waals surface area (Å²) >= 11 is 3.37. The lowest BCUT2D eigenvalue weighted by atomic mass is 10.1. The molecular formula is C13H13BrN2O3. The van der Waals surface area contributed by atoms with E-state index in [9.17, 15) is 9.59 Å². The van der Waals surface area contributed by atoms with E-state index in [-0.39, 0.29) is 11.8 Å². The van der Waals surface area contributed by atoms with Crippen LogP contribution in [0.1, 0.15) is 19.4 Å². The third kappa shape index (κ3) is 3.35. The van der Waals surface area contributed by atoms with Crippen LogP contribution in [0.15, 0.2) is 28.4 Å². The summed E-state index contributed by atoms with van der Waals surface area (Å²) in [5.41, 5.74) is 0.923. The molecule has 2 N–H and O–H groups in total. The van der Waals surface area contributed by atoms with Crippen molar-refractivity contribution in [2.75, 3.05) is 0 Å². The van der Waals surface area contributed by atoms with Crippen LogP contribution in [0.5, 0.6) is 5.75 Å². The van der Waals surface area contributed by atoms with Gasteiger partial charge in [-0.25, -0.2) is 4.79 Å². The number of hydrogen-bond acceptors (Lipinski definition) is 3. The molecule has 0 spiro atoms. The van der Waals surface area contributed by atoms with Crippen LogP contribution in [0.25, 0.3) is 6.08 Å². The molecule has 0 aromatic heterocycles. The Balaban J connectivity index is 2.38. The number of halogens is 1. The average molecular weight is 325 g/mol. The lowest BCUT2D eigenvalue weighted by Crippen LogP contribution is -2.22. The standard InChI is InChI=1S/C13H13BrN2O3/c1-7(2)19-11-4-3-9(14)5-8(11)6-10-12(17)16-13(18)15-10/h3-7H,1-2H3,(H2,15,16,17,18)/b10-6-. The number of ether oxygens (including phenoxy) is 1. The van der Waals surface area contributed by atoms with Crippen molar-refractivity contribution in [1.82, 2.24) is 10.6 Å². The molecule has 6 heteroatoms. The van der Waals surface area contributed by atoms with E-state index < -0.39 is 11.9 Å². The molecular weight excluding hydrogens is 312 g/mol. The van der Waals surface area contributed by atoms with Gasteiger partial charge in [-0.2, -0.15) is 0 Å². The van der Waals surface area contributed by atoms with E-state index >= 15 is 0 Å². The summed E-state index contributed by atoms with van der Waals surface area (Å²) in [6, 6.07) is 4.97. The highest BCUT2D eigenvalue weighted by Crippen LogP contribution is 2.26. The Morgan fingerprint density at radius 1 is 1.26 bits per heavy atom. The van der Waals surface area contributed by atoms with Crippen molar-refractivity contribution in [2.24, 2.45) is 0 Å². The second kappa shape index (κ2) is 5.44. The van der Waals surface area contributed by atoms with Crippen molar-refractivity contribution >= 4 is 33.9 Å². The van der Waals surface area contributed by atoms with Gasteiger partial charge in [-0.1, -0.05) is 15.9 Å². The fraction of sp³-hybridized carbons (Fsp3) is 0.231. The van der Waals surface area contributed by atoms with Gasteiger partial charge in [-0.3, -0.25) is 10.1 Å². The van der Waals surface area contributed by atoms with Gasteiger partial charge in [0.05, 0.1) is 6.10 Å². The highest BCUT2D eigenvalue weighted by atomic mass is 79.9. The lowest BCUT2D eigenvalue weighted by Gasteiger charge is -2.13. The number of rotatable bonds is 3. The predicted octanol–water partition coefficient (Wildman–Crippen LogP) is 2.42. The molecule has 100 valence electrons. The van der Waals surface area contributed by atoms with Crippen molar-refractivity contribution in [3.63, 3.8) is 0 Å². The summed E-state index contributed by atoms with van der Waals surface area (Å²) in [4.78, 5) is 22.6. The minimum Gasteiger partial charge on any atom is -0.490 e. The fourth-order valence-electron chi connectivity index (χ4n) is 1.63. The third-order valence-corrected chi connectivity index (χ3v) is 2.85. The second-order valence-corrected chi connectivity index (χ2v) is 5.23. The van der Waals surface area contributed by atoms with E-state index in [0.29, 0.717) is 5.75 Å². The predicted molar refractivity (Wildman–Crippen MR) is 74.6 cm³/mol. The van der Waals surface area contributed by atoms with Gasteiger partial charge in [0.25, 0.3) is 5.91 Å². The summed E-state index contributed by atoms with van der Waals surface area (Å²) in [5.74, 6) is 0.208. The molecule has 0 bridgehead atoms. The SMILES string of the molecule is CC(C)Oc1ccc(Br)cc1/C=C1\NC(=O)NC1=O. The number of imide groups is 1. The molecule has 0 unspecified atom stereocenters. The Kier molecular flexibility index (Phi) is 3.90. The molecule has 2 rings (SSSR count). The lowest BCUT2D eigenvalue weighted by molar-refractivity contribution is -0.115. The maximum Gasteiger partial charge on any atom is 0.326 e. The quantitative estimate of drug-likeness (QED) is 0.662. The molecule has 1 aromatic carbocycles. The fourth-order valence-corrected chi connectivity index (χ4v) is 2.01. The maximum atomic E-state index is 11.5. The molecule has 0 saturated carbocycles. The van der Waals surface area contributed by atoms with Gasteiger partial charge in [0.1, 0.15) is 11.4 Å². The maximum absolute atomic E-state index is 11.5.